The average Bonchev–Trinajstić information content (AvgIpc) is 3.20. The Kier molecular flexibility index (Phi) is 5.50. The maximum Gasteiger partial charge on any atom is 0.261 e. The summed E-state index contributed by atoms with van der Waals surface area (Å²) in [7, 11) is -3.83. The fourth-order valence-electron chi connectivity index (χ4n) is 3.77. The van der Waals surface area contributed by atoms with Crippen LogP contribution in [0.2, 0.25) is 0 Å². The fraction of sp³-hybridized carbons (Fsp3) is 0.333. The SMILES string of the molecule is Cc1cc(C)cc(NS(=O)(=O)c2ccc3c(c2)NC(=O)[C@H](C(=O)N2CCCC2)S3)c1. The fourth-order valence-corrected chi connectivity index (χ4v) is 5.89. The normalized spacial score (nSPS) is 18.7. The van der Waals surface area contributed by atoms with Crippen LogP contribution in [-0.2, 0) is 19.6 Å². The first-order chi connectivity index (χ1) is 14.2. The Balaban J connectivity index is 1.56. The van der Waals surface area contributed by atoms with E-state index < -0.39 is 21.2 Å². The molecule has 1 saturated heterocycles. The van der Waals surface area contributed by atoms with Gasteiger partial charge in [-0.25, -0.2) is 8.42 Å². The van der Waals surface area contributed by atoms with E-state index in [1.807, 2.05) is 19.9 Å². The minimum absolute atomic E-state index is 0.0469. The molecule has 1 fully saturated rings. The van der Waals surface area contributed by atoms with Crippen LogP contribution in [0.5, 0.6) is 0 Å². The summed E-state index contributed by atoms with van der Waals surface area (Å²) in [5.41, 5.74) is 2.80. The number of carbonyl (C=O) groups excluding carboxylic acids is 2. The topological polar surface area (TPSA) is 95.6 Å². The zero-order valence-electron chi connectivity index (χ0n) is 16.8. The Morgan fingerprint density at radius 3 is 2.43 bits per heavy atom. The monoisotopic (exact) mass is 445 g/mol. The number of hydrogen-bond acceptors (Lipinski definition) is 5. The molecule has 2 aliphatic rings. The van der Waals surface area contributed by atoms with Crippen LogP contribution in [0.3, 0.4) is 0 Å². The van der Waals surface area contributed by atoms with Gasteiger partial charge in [0.15, 0.2) is 5.25 Å². The van der Waals surface area contributed by atoms with Crippen LogP contribution in [0.1, 0.15) is 24.0 Å². The smallest absolute Gasteiger partial charge is 0.261 e. The molecule has 0 saturated carbocycles. The van der Waals surface area contributed by atoms with E-state index in [0.29, 0.717) is 29.4 Å². The zero-order chi connectivity index (χ0) is 21.5. The quantitative estimate of drug-likeness (QED) is 0.705. The third kappa shape index (κ3) is 4.17. The van der Waals surface area contributed by atoms with Gasteiger partial charge in [0.1, 0.15) is 0 Å². The Bertz CT molecular complexity index is 1100. The molecule has 2 heterocycles. The molecule has 9 heteroatoms. The maximum absolute atomic E-state index is 12.8. The van der Waals surface area contributed by atoms with Gasteiger partial charge in [0.25, 0.3) is 10.0 Å². The van der Waals surface area contributed by atoms with Crippen molar-refractivity contribution >= 4 is 45.0 Å². The predicted octanol–water partition coefficient (Wildman–Crippen LogP) is 3.14. The van der Waals surface area contributed by atoms with E-state index in [4.69, 9.17) is 0 Å². The highest BCUT2D eigenvalue weighted by molar-refractivity contribution is 8.01. The van der Waals surface area contributed by atoms with Crippen molar-refractivity contribution in [3.8, 4) is 0 Å². The van der Waals surface area contributed by atoms with Gasteiger partial charge in [-0.1, -0.05) is 6.07 Å². The molecule has 0 aromatic heterocycles. The summed E-state index contributed by atoms with van der Waals surface area (Å²) in [5, 5.41) is 1.87. The predicted molar refractivity (Wildman–Crippen MR) is 117 cm³/mol. The van der Waals surface area contributed by atoms with Crippen molar-refractivity contribution in [3.05, 3.63) is 47.5 Å². The standard InChI is InChI=1S/C21H23N3O4S2/c1-13-9-14(2)11-15(10-13)23-30(27,28)16-5-6-18-17(12-16)22-20(25)19(29-18)21(26)24-7-3-4-8-24/h5-6,9-12,19,23H,3-4,7-8H2,1-2H3,(H,22,25)/t19-/m1/s1. The number of aryl methyl sites for hydroxylation is 2. The van der Waals surface area contributed by atoms with Gasteiger partial charge in [-0.15, -0.1) is 11.8 Å². The lowest BCUT2D eigenvalue weighted by molar-refractivity contribution is -0.133. The lowest BCUT2D eigenvalue weighted by Crippen LogP contribution is -2.43. The number of nitrogens with zero attached hydrogens (tertiary/aromatic N) is 1. The highest BCUT2D eigenvalue weighted by Gasteiger charge is 2.37. The van der Waals surface area contributed by atoms with Gasteiger partial charge < -0.3 is 10.2 Å². The summed E-state index contributed by atoms with van der Waals surface area (Å²) in [4.78, 5) is 27.6. The van der Waals surface area contributed by atoms with Gasteiger partial charge in [-0.05, 0) is 68.1 Å². The van der Waals surface area contributed by atoms with Crippen LogP contribution < -0.4 is 10.0 Å². The number of likely N-dealkylation sites (tertiary alicyclic amines) is 1. The van der Waals surface area contributed by atoms with Crippen LogP contribution in [-0.4, -0.2) is 43.5 Å². The minimum Gasteiger partial charge on any atom is -0.341 e. The van der Waals surface area contributed by atoms with E-state index in [1.54, 1.807) is 23.1 Å². The summed E-state index contributed by atoms with van der Waals surface area (Å²) in [6.07, 6.45) is 1.91. The molecule has 0 aliphatic carbocycles. The Hall–Kier alpha value is -2.52. The Morgan fingerprint density at radius 1 is 1.10 bits per heavy atom. The van der Waals surface area contributed by atoms with Crippen LogP contribution in [0, 0.1) is 13.8 Å². The molecule has 2 aliphatic heterocycles. The maximum atomic E-state index is 12.8. The van der Waals surface area contributed by atoms with E-state index in [9.17, 15) is 18.0 Å². The zero-order valence-corrected chi connectivity index (χ0v) is 18.4. The Labute approximate surface area is 180 Å². The molecule has 0 bridgehead atoms. The average molecular weight is 446 g/mol. The lowest BCUT2D eigenvalue weighted by Gasteiger charge is -2.27. The summed E-state index contributed by atoms with van der Waals surface area (Å²) in [6.45, 7) is 5.15. The molecule has 0 unspecified atom stereocenters. The number of amides is 2. The van der Waals surface area contributed by atoms with Gasteiger partial charge in [-0.2, -0.15) is 0 Å². The number of carbonyl (C=O) groups is 2. The second-order valence-electron chi connectivity index (χ2n) is 7.66. The minimum atomic E-state index is -3.83. The van der Waals surface area contributed by atoms with Crippen molar-refractivity contribution < 1.29 is 18.0 Å². The number of nitrogens with one attached hydrogen (secondary N) is 2. The van der Waals surface area contributed by atoms with Crippen molar-refractivity contribution in [2.24, 2.45) is 0 Å². The summed E-state index contributed by atoms with van der Waals surface area (Å²) in [5.74, 6) is -0.602. The summed E-state index contributed by atoms with van der Waals surface area (Å²) in [6, 6.07) is 10.0. The highest BCUT2D eigenvalue weighted by Crippen LogP contribution is 2.38. The number of rotatable bonds is 4. The first-order valence-corrected chi connectivity index (χ1v) is 12.1. The number of hydrogen-bond donors (Lipinski definition) is 2. The van der Waals surface area contributed by atoms with Crippen molar-refractivity contribution in [1.82, 2.24) is 4.90 Å². The van der Waals surface area contributed by atoms with Crippen molar-refractivity contribution in [2.75, 3.05) is 23.1 Å². The lowest BCUT2D eigenvalue weighted by atomic mass is 10.1. The molecule has 2 aromatic rings. The van der Waals surface area contributed by atoms with Gasteiger partial charge in [0, 0.05) is 23.7 Å². The van der Waals surface area contributed by atoms with Gasteiger partial charge >= 0.3 is 0 Å². The highest BCUT2D eigenvalue weighted by atomic mass is 32.2. The van der Waals surface area contributed by atoms with E-state index in [0.717, 1.165) is 24.0 Å². The van der Waals surface area contributed by atoms with Crippen LogP contribution in [0.15, 0.2) is 46.2 Å². The van der Waals surface area contributed by atoms with E-state index in [-0.39, 0.29) is 10.8 Å². The van der Waals surface area contributed by atoms with Gasteiger partial charge in [-0.3, -0.25) is 14.3 Å². The molecule has 0 spiro atoms. The van der Waals surface area contributed by atoms with Crippen LogP contribution >= 0.6 is 11.8 Å². The molecule has 0 radical (unpaired) electrons. The van der Waals surface area contributed by atoms with Gasteiger partial charge in [0.2, 0.25) is 11.8 Å². The van der Waals surface area contributed by atoms with Crippen molar-refractivity contribution in [2.45, 2.75) is 41.7 Å². The first kappa shape index (κ1) is 20.7. The van der Waals surface area contributed by atoms with E-state index in [2.05, 4.69) is 10.0 Å². The first-order valence-electron chi connectivity index (χ1n) is 9.74. The molecule has 4 rings (SSSR count). The summed E-state index contributed by atoms with van der Waals surface area (Å²) >= 11 is 1.17. The van der Waals surface area contributed by atoms with Gasteiger partial charge in [0.05, 0.1) is 10.6 Å². The van der Waals surface area contributed by atoms with Crippen molar-refractivity contribution in [1.29, 1.82) is 0 Å². The molecular weight excluding hydrogens is 422 g/mol. The number of benzene rings is 2. The molecule has 2 amide bonds. The van der Waals surface area contributed by atoms with E-state index in [1.165, 1.54) is 23.9 Å². The number of fused-ring (bicyclic) bond motifs is 1. The number of sulfonamides is 1. The van der Waals surface area contributed by atoms with E-state index >= 15 is 0 Å². The third-order valence-electron chi connectivity index (χ3n) is 5.12. The second kappa shape index (κ2) is 7.96. The van der Waals surface area contributed by atoms with Crippen LogP contribution in [0.4, 0.5) is 11.4 Å². The van der Waals surface area contributed by atoms with Crippen molar-refractivity contribution in [3.63, 3.8) is 0 Å². The number of anilines is 2. The molecule has 7 nitrogen and oxygen atoms in total. The molecule has 1 atom stereocenters. The molecule has 30 heavy (non-hydrogen) atoms. The second-order valence-corrected chi connectivity index (χ2v) is 10.5. The summed E-state index contributed by atoms with van der Waals surface area (Å²) < 4.78 is 28.3. The third-order valence-corrected chi connectivity index (χ3v) is 7.76. The molecular formula is C21H23N3O4S2. The number of thioether (sulfide) groups is 1. The molecule has 2 N–H and O–H groups in total. The molecule has 158 valence electrons. The molecule has 2 aromatic carbocycles. The largest absolute Gasteiger partial charge is 0.341 e. The Morgan fingerprint density at radius 2 is 1.77 bits per heavy atom. The van der Waals surface area contributed by atoms with Crippen LogP contribution in [0.25, 0.3) is 0 Å².